The molecule has 0 spiro atoms. The molecule has 0 aliphatic heterocycles. The van der Waals surface area contributed by atoms with Gasteiger partial charge in [-0.15, -0.1) is 0 Å². The van der Waals surface area contributed by atoms with E-state index in [2.05, 4.69) is 0 Å². The molecule has 1 aromatic carbocycles. The highest BCUT2D eigenvalue weighted by Gasteiger charge is 2.31. The van der Waals surface area contributed by atoms with Crippen molar-refractivity contribution in [1.82, 2.24) is 0 Å². The Kier molecular flexibility index (Phi) is 5.85. The van der Waals surface area contributed by atoms with E-state index in [1.54, 1.807) is 0 Å². The van der Waals surface area contributed by atoms with E-state index in [1.165, 1.54) is 19.2 Å². The molecule has 1 atom stereocenters. The van der Waals surface area contributed by atoms with Gasteiger partial charge in [0.25, 0.3) is 0 Å². The van der Waals surface area contributed by atoms with Crippen molar-refractivity contribution in [3.8, 4) is 5.75 Å². The lowest BCUT2D eigenvalue weighted by Crippen LogP contribution is -2.27. The highest BCUT2D eigenvalue weighted by Crippen LogP contribution is 2.32. The summed E-state index contributed by atoms with van der Waals surface area (Å²) in [4.78, 5) is 11.8. The van der Waals surface area contributed by atoms with Crippen LogP contribution in [0.15, 0.2) is 24.3 Å². The van der Waals surface area contributed by atoms with Gasteiger partial charge in [-0.2, -0.15) is 13.2 Å². The average Bonchev–Trinajstić information content (AvgIpc) is 2.40. The minimum atomic E-state index is -4.42. The minimum absolute atomic E-state index is 0.0226. The maximum Gasteiger partial charge on any atom is 0.416 e. The number of methoxy groups -OCH3 is 1. The predicted octanol–water partition coefficient (Wildman–Crippen LogP) is 4.31. The number of carbonyl (C=O) groups excluding carboxylic acids is 1. The third kappa shape index (κ3) is 5.95. The first-order chi connectivity index (χ1) is 10.0. The van der Waals surface area contributed by atoms with E-state index in [9.17, 15) is 18.0 Å². The molecule has 124 valence electrons. The van der Waals surface area contributed by atoms with Crippen LogP contribution in [0, 0.1) is 11.3 Å². The number of esters is 1. The third-order valence-corrected chi connectivity index (χ3v) is 3.01. The van der Waals surface area contributed by atoms with Crippen LogP contribution in [0.25, 0.3) is 0 Å². The maximum atomic E-state index is 12.6. The first-order valence-corrected chi connectivity index (χ1v) is 6.91. The Hall–Kier alpha value is -1.72. The van der Waals surface area contributed by atoms with E-state index < -0.39 is 23.6 Å². The molecular weight excluding hydrogens is 297 g/mol. The Labute approximate surface area is 128 Å². The topological polar surface area (TPSA) is 35.5 Å². The molecule has 0 radical (unpaired) electrons. The summed E-state index contributed by atoms with van der Waals surface area (Å²) in [5, 5.41) is 0. The fraction of sp³-hybridized carbons (Fsp3) is 0.562. The molecular formula is C16H21F3O3. The van der Waals surface area contributed by atoms with Crippen LogP contribution >= 0.6 is 0 Å². The van der Waals surface area contributed by atoms with Crippen LogP contribution in [-0.2, 0) is 15.7 Å². The van der Waals surface area contributed by atoms with Crippen molar-refractivity contribution in [2.24, 2.45) is 11.3 Å². The summed E-state index contributed by atoms with van der Waals surface area (Å²) in [5.41, 5.74) is -0.911. The van der Waals surface area contributed by atoms with Gasteiger partial charge in [0.2, 0.25) is 0 Å². The summed E-state index contributed by atoms with van der Waals surface area (Å²) in [6, 6.07) is 4.60. The molecule has 0 aliphatic rings. The summed E-state index contributed by atoms with van der Waals surface area (Å²) in [6.07, 6.45) is -3.91. The zero-order valence-electron chi connectivity index (χ0n) is 13.2. The number of hydrogen-bond donors (Lipinski definition) is 0. The number of halogens is 3. The lowest BCUT2D eigenvalue weighted by molar-refractivity contribution is -0.147. The van der Waals surface area contributed by atoms with E-state index in [0.717, 1.165) is 12.1 Å². The van der Waals surface area contributed by atoms with Crippen molar-refractivity contribution in [3.63, 3.8) is 0 Å². The van der Waals surface area contributed by atoms with Crippen molar-refractivity contribution in [1.29, 1.82) is 0 Å². The predicted molar refractivity (Wildman–Crippen MR) is 76.5 cm³/mol. The van der Waals surface area contributed by atoms with Gasteiger partial charge >= 0.3 is 12.1 Å². The van der Waals surface area contributed by atoms with Gasteiger partial charge < -0.3 is 9.47 Å². The molecule has 0 amide bonds. The van der Waals surface area contributed by atoms with Crippen LogP contribution in [0.3, 0.4) is 0 Å². The zero-order chi connectivity index (χ0) is 17.0. The zero-order valence-corrected chi connectivity index (χ0v) is 13.2. The number of benzene rings is 1. The molecule has 1 aromatic rings. The number of ether oxygens (including phenoxy) is 2. The lowest BCUT2D eigenvalue weighted by Gasteiger charge is -2.24. The highest BCUT2D eigenvalue weighted by atomic mass is 19.4. The van der Waals surface area contributed by atoms with Crippen molar-refractivity contribution in [2.75, 3.05) is 13.7 Å². The minimum Gasteiger partial charge on any atom is -0.493 e. The second-order valence-corrected chi connectivity index (χ2v) is 6.32. The Morgan fingerprint density at radius 1 is 1.23 bits per heavy atom. The lowest BCUT2D eigenvalue weighted by atomic mass is 9.85. The fourth-order valence-corrected chi connectivity index (χ4v) is 2.08. The van der Waals surface area contributed by atoms with Crippen molar-refractivity contribution >= 4 is 5.97 Å². The molecule has 6 heteroatoms. The number of rotatable bonds is 5. The second-order valence-electron chi connectivity index (χ2n) is 6.32. The quantitative estimate of drug-likeness (QED) is 0.759. The van der Waals surface area contributed by atoms with Crippen LogP contribution in [0.2, 0.25) is 0 Å². The molecule has 0 aromatic heterocycles. The van der Waals surface area contributed by atoms with Crippen molar-refractivity contribution < 1.29 is 27.4 Å². The van der Waals surface area contributed by atoms with Crippen LogP contribution < -0.4 is 4.74 Å². The molecule has 22 heavy (non-hydrogen) atoms. The van der Waals surface area contributed by atoms with E-state index in [4.69, 9.17) is 9.47 Å². The normalized spacial score (nSPS) is 13.6. The van der Waals surface area contributed by atoms with Gasteiger partial charge in [-0.3, -0.25) is 4.79 Å². The van der Waals surface area contributed by atoms with Gasteiger partial charge in [0.1, 0.15) is 12.4 Å². The van der Waals surface area contributed by atoms with Gasteiger partial charge in [0.05, 0.1) is 18.6 Å². The Bertz CT molecular complexity index is 504. The van der Waals surface area contributed by atoms with Gasteiger partial charge in [-0.1, -0.05) is 26.8 Å². The molecule has 0 N–H and O–H groups in total. The smallest absolute Gasteiger partial charge is 0.416 e. The van der Waals surface area contributed by atoms with Gasteiger partial charge in [0, 0.05) is 0 Å². The highest BCUT2D eigenvalue weighted by molar-refractivity contribution is 5.72. The van der Waals surface area contributed by atoms with Gasteiger partial charge in [0.15, 0.2) is 0 Å². The Balaban J connectivity index is 2.79. The van der Waals surface area contributed by atoms with Gasteiger partial charge in [-0.25, -0.2) is 0 Å². The maximum absolute atomic E-state index is 12.6. The molecule has 0 saturated heterocycles. The van der Waals surface area contributed by atoms with E-state index in [0.29, 0.717) is 6.42 Å². The number of alkyl halides is 3. The number of carbonyl (C=O) groups is 1. The largest absolute Gasteiger partial charge is 0.493 e. The monoisotopic (exact) mass is 318 g/mol. The van der Waals surface area contributed by atoms with Crippen LogP contribution in [0.1, 0.15) is 32.8 Å². The second kappa shape index (κ2) is 7.03. The SMILES string of the molecule is COC(=O)C(COc1cccc(C(F)(F)F)c1)CC(C)(C)C. The number of hydrogen-bond acceptors (Lipinski definition) is 3. The standard InChI is InChI=1S/C16H21F3O3/c1-15(2,3)9-11(14(20)21-4)10-22-13-7-5-6-12(8-13)16(17,18)19/h5-8,11H,9-10H2,1-4H3. The van der Waals surface area contributed by atoms with E-state index in [-0.39, 0.29) is 17.8 Å². The first-order valence-electron chi connectivity index (χ1n) is 6.91. The summed E-state index contributed by atoms with van der Waals surface area (Å²) >= 11 is 0. The molecule has 0 fully saturated rings. The summed E-state index contributed by atoms with van der Waals surface area (Å²) in [7, 11) is 1.28. The Morgan fingerprint density at radius 3 is 2.36 bits per heavy atom. The fourth-order valence-electron chi connectivity index (χ4n) is 2.08. The van der Waals surface area contributed by atoms with Crippen LogP contribution in [0.4, 0.5) is 13.2 Å². The van der Waals surface area contributed by atoms with Crippen molar-refractivity contribution in [2.45, 2.75) is 33.4 Å². The molecule has 3 nitrogen and oxygen atoms in total. The summed E-state index contributed by atoms with van der Waals surface area (Å²) in [6.45, 7) is 5.87. The molecule has 0 saturated carbocycles. The first kappa shape index (κ1) is 18.3. The average molecular weight is 318 g/mol. The molecule has 0 bridgehead atoms. The summed E-state index contributed by atoms with van der Waals surface area (Å²) < 4.78 is 48.0. The molecule has 1 rings (SSSR count). The van der Waals surface area contributed by atoms with Crippen LogP contribution in [-0.4, -0.2) is 19.7 Å². The van der Waals surface area contributed by atoms with Crippen molar-refractivity contribution in [3.05, 3.63) is 29.8 Å². The van der Waals surface area contributed by atoms with E-state index in [1.807, 2.05) is 20.8 Å². The molecule has 0 heterocycles. The van der Waals surface area contributed by atoms with Crippen LogP contribution in [0.5, 0.6) is 5.75 Å². The molecule has 1 unspecified atom stereocenters. The molecule has 0 aliphatic carbocycles. The summed E-state index contributed by atoms with van der Waals surface area (Å²) in [5.74, 6) is -0.876. The Morgan fingerprint density at radius 2 is 1.86 bits per heavy atom. The van der Waals surface area contributed by atoms with E-state index >= 15 is 0 Å². The van der Waals surface area contributed by atoms with Gasteiger partial charge in [-0.05, 0) is 30.0 Å². The third-order valence-electron chi connectivity index (χ3n) is 3.01.